The first-order chi connectivity index (χ1) is 9.65. The summed E-state index contributed by atoms with van der Waals surface area (Å²) >= 11 is 0. The van der Waals surface area contributed by atoms with Gasteiger partial charge in [-0.25, -0.2) is 4.79 Å². The topological polar surface area (TPSA) is 77.6 Å². The Morgan fingerprint density at radius 3 is 2.80 bits per heavy atom. The molecule has 20 heavy (non-hydrogen) atoms. The van der Waals surface area contributed by atoms with Crippen LogP contribution in [0.4, 0.5) is 0 Å². The Kier molecular flexibility index (Phi) is 4.37. The number of rotatable bonds is 5. The number of H-pyrrole nitrogens is 1. The minimum atomic E-state index is -0.629. The van der Waals surface area contributed by atoms with Crippen LogP contribution < -0.4 is 10.3 Å². The van der Waals surface area contributed by atoms with Gasteiger partial charge >= 0.3 is 5.97 Å². The summed E-state index contributed by atoms with van der Waals surface area (Å²) in [6, 6.07) is 6.66. The molecule has 0 spiro atoms. The van der Waals surface area contributed by atoms with Crippen molar-refractivity contribution in [2.45, 2.75) is 6.92 Å². The standard InChI is InChI=1S/C14H15NO5/c1-3-19-14(17)11-6-9-4-5-10(20-8-18-2)7-12(9)15-13(11)16/h4-7H,3,8H2,1-2H3,(H,15,16). The number of benzene rings is 1. The average molecular weight is 277 g/mol. The SMILES string of the molecule is CCOC(=O)c1cc2ccc(OCOC)cc2[nH]c1=O. The van der Waals surface area contributed by atoms with Gasteiger partial charge in [0.1, 0.15) is 11.3 Å². The van der Waals surface area contributed by atoms with Crippen LogP contribution >= 0.6 is 0 Å². The Bertz CT molecular complexity index is 677. The van der Waals surface area contributed by atoms with E-state index < -0.39 is 11.5 Å². The Balaban J connectivity index is 2.40. The molecule has 2 aromatic rings. The number of fused-ring (bicyclic) bond motifs is 1. The molecule has 1 aromatic carbocycles. The number of aromatic amines is 1. The van der Waals surface area contributed by atoms with E-state index in [0.717, 1.165) is 5.39 Å². The molecule has 0 amide bonds. The number of esters is 1. The van der Waals surface area contributed by atoms with E-state index in [9.17, 15) is 9.59 Å². The van der Waals surface area contributed by atoms with E-state index in [2.05, 4.69) is 4.98 Å². The van der Waals surface area contributed by atoms with Crippen molar-refractivity contribution in [3.05, 3.63) is 40.2 Å². The highest BCUT2D eigenvalue weighted by Gasteiger charge is 2.13. The maximum absolute atomic E-state index is 11.9. The van der Waals surface area contributed by atoms with Crippen LogP contribution in [0.5, 0.6) is 5.75 Å². The van der Waals surface area contributed by atoms with Crippen molar-refractivity contribution in [2.75, 3.05) is 20.5 Å². The van der Waals surface area contributed by atoms with E-state index in [4.69, 9.17) is 14.2 Å². The number of hydrogen-bond acceptors (Lipinski definition) is 5. The zero-order valence-electron chi connectivity index (χ0n) is 11.3. The predicted octanol–water partition coefficient (Wildman–Crippen LogP) is 1.69. The maximum Gasteiger partial charge on any atom is 0.343 e. The van der Waals surface area contributed by atoms with Crippen LogP contribution in [-0.4, -0.2) is 31.5 Å². The predicted molar refractivity (Wildman–Crippen MR) is 73.0 cm³/mol. The first-order valence-electron chi connectivity index (χ1n) is 6.11. The molecule has 6 nitrogen and oxygen atoms in total. The van der Waals surface area contributed by atoms with Crippen LogP contribution in [0.25, 0.3) is 10.9 Å². The zero-order valence-corrected chi connectivity index (χ0v) is 11.3. The fraction of sp³-hybridized carbons (Fsp3) is 0.286. The molecule has 0 saturated heterocycles. The lowest BCUT2D eigenvalue weighted by molar-refractivity contribution is 0.0511. The van der Waals surface area contributed by atoms with Crippen molar-refractivity contribution in [3.8, 4) is 5.75 Å². The lowest BCUT2D eigenvalue weighted by Crippen LogP contribution is -2.19. The van der Waals surface area contributed by atoms with Gasteiger partial charge in [0.05, 0.1) is 12.1 Å². The zero-order chi connectivity index (χ0) is 14.5. The van der Waals surface area contributed by atoms with Crippen LogP contribution in [-0.2, 0) is 9.47 Å². The molecule has 0 atom stereocenters. The first-order valence-corrected chi connectivity index (χ1v) is 6.11. The molecule has 106 valence electrons. The number of nitrogens with one attached hydrogen (secondary N) is 1. The number of carbonyl (C=O) groups excluding carboxylic acids is 1. The van der Waals surface area contributed by atoms with Gasteiger partial charge in [-0.05, 0) is 30.5 Å². The third-order valence-electron chi connectivity index (χ3n) is 2.66. The van der Waals surface area contributed by atoms with E-state index >= 15 is 0 Å². The van der Waals surface area contributed by atoms with Crippen LogP contribution in [0.3, 0.4) is 0 Å². The minimum Gasteiger partial charge on any atom is -0.467 e. The summed E-state index contributed by atoms with van der Waals surface area (Å²) in [6.07, 6.45) is 0. The van der Waals surface area contributed by atoms with Gasteiger partial charge in [0.15, 0.2) is 6.79 Å². The van der Waals surface area contributed by atoms with Crippen molar-refractivity contribution in [1.82, 2.24) is 4.98 Å². The van der Waals surface area contributed by atoms with E-state index in [0.29, 0.717) is 11.3 Å². The number of methoxy groups -OCH3 is 1. The van der Waals surface area contributed by atoms with Gasteiger partial charge in [0, 0.05) is 13.2 Å². The van der Waals surface area contributed by atoms with Crippen molar-refractivity contribution in [2.24, 2.45) is 0 Å². The smallest absolute Gasteiger partial charge is 0.343 e. The molecule has 1 aromatic heterocycles. The van der Waals surface area contributed by atoms with Crippen molar-refractivity contribution < 1.29 is 19.0 Å². The van der Waals surface area contributed by atoms with Crippen LogP contribution in [0.15, 0.2) is 29.1 Å². The highest BCUT2D eigenvalue weighted by atomic mass is 16.7. The van der Waals surface area contributed by atoms with E-state index in [1.54, 1.807) is 25.1 Å². The molecule has 0 unspecified atom stereocenters. The third-order valence-corrected chi connectivity index (χ3v) is 2.66. The monoisotopic (exact) mass is 277 g/mol. The first kappa shape index (κ1) is 14.1. The van der Waals surface area contributed by atoms with Crippen molar-refractivity contribution in [3.63, 3.8) is 0 Å². The van der Waals surface area contributed by atoms with Gasteiger partial charge < -0.3 is 19.2 Å². The van der Waals surface area contributed by atoms with Gasteiger partial charge in [0.2, 0.25) is 0 Å². The van der Waals surface area contributed by atoms with Crippen molar-refractivity contribution in [1.29, 1.82) is 0 Å². The molecule has 0 fully saturated rings. The molecule has 0 bridgehead atoms. The van der Waals surface area contributed by atoms with Gasteiger partial charge in [-0.2, -0.15) is 0 Å². The summed E-state index contributed by atoms with van der Waals surface area (Å²) in [7, 11) is 1.52. The fourth-order valence-corrected chi connectivity index (χ4v) is 1.76. The summed E-state index contributed by atoms with van der Waals surface area (Å²) < 4.78 is 14.9. The lowest BCUT2D eigenvalue weighted by atomic mass is 10.1. The lowest BCUT2D eigenvalue weighted by Gasteiger charge is -2.07. The molecule has 0 aliphatic rings. The average Bonchev–Trinajstić information content (AvgIpc) is 2.44. The normalized spacial score (nSPS) is 10.5. The molecule has 0 saturated carbocycles. The molecule has 0 aliphatic carbocycles. The van der Waals surface area contributed by atoms with E-state index in [1.165, 1.54) is 13.2 Å². The van der Waals surface area contributed by atoms with Gasteiger partial charge in [0.25, 0.3) is 5.56 Å². The molecule has 0 aliphatic heterocycles. The molecule has 6 heteroatoms. The van der Waals surface area contributed by atoms with Crippen LogP contribution in [0.1, 0.15) is 17.3 Å². The molecule has 2 rings (SSSR count). The number of carbonyl (C=O) groups is 1. The highest BCUT2D eigenvalue weighted by Crippen LogP contribution is 2.19. The molecule has 1 N–H and O–H groups in total. The van der Waals surface area contributed by atoms with Gasteiger partial charge in [-0.3, -0.25) is 4.79 Å². The Hall–Kier alpha value is -2.34. The number of aromatic nitrogens is 1. The second kappa shape index (κ2) is 6.21. The van der Waals surface area contributed by atoms with Crippen LogP contribution in [0, 0.1) is 0 Å². The number of ether oxygens (including phenoxy) is 3. The molecular formula is C14H15NO5. The summed E-state index contributed by atoms with van der Waals surface area (Å²) in [6.45, 7) is 2.03. The fourth-order valence-electron chi connectivity index (χ4n) is 1.76. The van der Waals surface area contributed by atoms with E-state index in [1.807, 2.05) is 0 Å². The van der Waals surface area contributed by atoms with Gasteiger partial charge in [-0.1, -0.05) is 0 Å². The molecular weight excluding hydrogens is 262 g/mol. The van der Waals surface area contributed by atoms with Gasteiger partial charge in [-0.15, -0.1) is 0 Å². The van der Waals surface area contributed by atoms with E-state index in [-0.39, 0.29) is 19.0 Å². The molecule has 0 radical (unpaired) electrons. The summed E-state index contributed by atoms with van der Waals surface area (Å²) in [5.74, 6) is -0.0609. The largest absolute Gasteiger partial charge is 0.467 e. The summed E-state index contributed by atoms with van der Waals surface area (Å²) in [4.78, 5) is 26.1. The maximum atomic E-state index is 11.9. The minimum absolute atomic E-state index is 0.00934. The number of pyridine rings is 1. The summed E-state index contributed by atoms with van der Waals surface area (Å²) in [5.41, 5.74) is 0.0846. The van der Waals surface area contributed by atoms with Crippen LogP contribution in [0.2, 0.25) is 0 Å². The second-order valence-electron chi connectivity index (χ2n) is 4.03. The second-order valence-corrected chi connectivity index (χ2v) is 4.03. The number of hydrogen-bond donors (Lipinski definition) is 1. The molecule has 1 heterocycles. The Labute approximate surface area is 115 Å². The highest BCUT2D eigenvalue weighted by molar-refractivity contribution is 5.93. The third kappa shape index (κ3) is 2.97. The summed E-state index contributed by atoms with van der Waals surface area (Å²) in [5, 5.41) is 0.720. The van der Waals surface area contributed by atoms with Crippen molar-refractivity contribution >= 4 is 16.9 Å². The Morgan fingerprint density at radius 1 is 1.30 bits per heavy atom. The quantitative estimate of drug-likeness (QED) is 0.664. The Morgan fingerprint density at radius 2 is 2.10 bits per heavy atom.